The summed E-state index contributed by atoms with van der Waals surface area (Å²) < 4.78 is 11.0. The van der Waals surface area contributed by atoms with Gasteiger partial charge in [-0.3, -0.25) is 14.4 Å². The lowest BCUT2D eigenvalue weighted by atomic mass is 9.95. The van der Waals surface area contributed by atoms with Crippen LogP contribution in [-0.2, 0) is 27.2 Å². The number of rotatable bonds is 11. The molecule has 1 aliphatic rings. The third-order valence-electron chi connectivity index (χ3n) is 8.09. The number of hydrogen-bond acceptors (Lipinski definition) is 8. The molecule has 11 heteroatoms. The molecular weight excluding hydrogens is 671 g/mol. The van der Waals surface area contributed by atoms with E-state index in [0.29, 0.717) is 33.3 Å². The van der Waals surface area contributed by atoms with Crippen molar-refractivity contribution in [2.24, 2.45) is 0 Å². The smallest absolute Gasteiger partial charge is 0.341 e. The molecule has 3 amide bonds. The van der Waals surface area contributed by atoms with Gasteiger partial charge in [-0.05, 0) is 86.7 Å². The van der Waals surface area contributed by atoms with Crippen molar-refractivity contribution in [2.75, 3.05) is 17.7 Å². The maximum absolute atomic E-state index is 13.5. The van der Waals surface area contributed by atoms with Gasteiger partial charge in [0, 0.05) is 32.7 Å². The van der Waals surface area contributed by atoms with Gasteiger partial charge in [-0.15, -0.1) is 23.1 Å². The van der Waals surface area contributed by atoms with Gasteiger partial charge < -0.3 is 25.1 Å². The molecule has 2 heterocycles. The fourth-order valence-electron chi connectivity index (χ4n) is 5.53. The van der Waals surface area contributed by atoms with Crippen molar-refractivity contribution in [1.29, 1.82) is 0 Å². The standard InChI is InChI=1S/C39H35N3O6S2/c1-24(35(43)42-38-34(39(46)47-2)30-15-9-10-16-33(30)50-38)49-29-20-17-27(18-21-29)40-37(45)31(41-36(44)26-13-7-4-8-14-26)23-28-19-22-32(48-28)25-11-5-3-6-12-25/h3-8,11-14,17-24H,9-10,15-16H2,1-2H3,(H,40,45)(H,41,44)(H,42,43)/b31-23-/t24-/m0/s1. The van der Waals surface area contributed by atoms with Crippen molar-refractivity contribution in [3.05, 3.63) is 130 Å². The molecule has 0 saturated heterocycles. The molecule has 5 aromatic rings. The minimum atomic E-state index is -0.542. The summed E-state index contributed by atoms with van der Waals surface area (Å²) >= 11 is 2.80. The van der Waals surface area contributed by atoms with Crippen LogP contribution in [0.25, 0.3) is 17.4 Å². The van der Waals surface area contributed by atoms with E-state index in [2.05, 4.69) is 16.0 Å². The fourth-order valence-corrected chi connectivity index (χ4v) is 7.68. The number of amides is 3. The van der Waals surface area contributed by atoms with E-state index >= 15 is 0 Å². The molecule has 6 rings (SSSR count). The van der Waals surface area contributed by atoms with Crippen LogP contribution in [-0.4, -0.2) is 36.1 Å². The van der Waals surface area contributed by atoms with Crippen molar-refractivity contribution in [3.63, 3.8) is 0 Å². The van der Waals surface area contributed by atoms with E-state index in [-0.39, 0.29) is 11.6 Å². The van der Waals surface area contributed by atoms with Gasteiger partial charge in [-0.2, -0.15) is 0 Å². The van der Waals surface area contributed by atoms with Gasteiger partial charge in [0.2, 0.25) is 5.91 Å². The molecule has 0 spiro atoms. The summed E-state index contributed by atoms with van der Waals surface area (Å²) in [5.74, 6) is -0.629. The molecular formula is C39H35N3O6S2. The summed E-state index contributed by atoms with van der Waals surface area (Å²) in [5.41, 5.74) is 3.23. The number of ether oxygens (including phenoxy) is 1. The van der Waals surface area contributed by atoms with Crippen molar-refractivity contribution in [2.45, 2.75) is 42.8 Å². The van der Waals surface area contributed by atoms with Gasteiger partial charge >= 0.3 is 5.97 Å². The number of benzene rings is 3. The number of esters is 1. The molecule has 0 saturated carbocycles. The van der Waals surface area contributed by atoms with Crippen LogP contribution in [0.4, 0.5) is 10.7 Å². The molecule has 3 N–H and O–H groups in total. The molecule has 0 aliphatic heterocycles. The highest BCUT2D eigenvalue weighted by Crippen LogP contribution is 2.39. The van der Waals surface area contributed by atoms with E-state index in [1.165, 1.54) is 36.3 Å². The Bertz CT molecular complexity index is 2030. The van der Waals surface area contributed by atoms with Crippen LogP contribution in [0.3, 0.4) is 0 Å². The van der Waals surface area contributed by atoms with Crippen LogP contribution in [0.2, 0.25) is 0 Å². The van der Waals surface area contributed by atoms with Crippen LogP contribution in [0, 0.1) is 0 Å². The lowest BCUT2D eigenvalue weighted by molar-refractivity contribution is -0.115. The number of thiophene rings is 1. The van der Waals surface area contributed by atoms with Crippen molar-refractivity contribution < 1.29 is 28.3 Å². The first-order valence-electron chi connectivity index (χ1n) is 16.1. The van der Waals surface area contributed by atoms with E-state index in [0.717, 1.165) is 46.6 Å². The van der Waals surface area contributed by atoms with Gasteiger partial charge in [-0.25, -0.2) is 4.79 Å². The van der Waals surface area contributed by atoms with Gasteiger partial charge in [-0.1, -0.05) is 48.5 Å². The number of methoxy groups -OCH3 is 1. The second kappa shape index (κ2) is 15.9. The Kier molecular flexibility index (Phi) is 10.9. The summed E-state index contributed by atoms with van der Waals surface area (Å²) in [6, 6.07) is 28.8. The highest BCUT2D eigenvalue weighted by molar-refractivity contribution is 8.00. The summed E-state index contributed by atoms with van der Waals surface area (Å²) in [5, 5.41) is 8.59. The minimum Gasteiger partial charge on any atom is -0.465 e. The number of hydrogen-bond donors (Lipinski definition) is 3. The first-order valence-corrected chi connectivity index (χ1v) is 17.8. The normalized spacial score (nSPS) is 13.1. The third-order valence-corrected chi connectivity index (χ3v) is 10.4. The Morgan fingerprint density at radius 1 is 0.860 bits per heavy atom. The largest absolute Gasteiger partial charge is 0.465 e. The van der Waals surface area contributed by atoms with E-state index in [1.54, 1.807) is 73.7 Å². The zero-order chi connectivity index (χ0) is 35.0. The van der Waals surface area contributed by atoms with E-state index in [1.807, 2.05) is 30.3 Å². The Labute approximate surface area is 298 Å². The number of thioether (sulfide) groups is 1. The van der Waals surface area contributed by atoms with Crippen LogP contribution >= 0.6 is 23.1 Å². The molecule has 2 aromatic heterocycles. The number of carbonyl (C=O) groups is 4. The molecule has 0 unspecified atom stereocenters. The zero-order valence-electron chi connectivity index (χ0n) is 27.5. The van der Waals surface area contributed by atoms with Crippen molar-refractivity contribution in [1.82, 2.24) is 5.32 Å². The molecule has 1 atom stereocenters. The molecule has 0 radical (unpaired) electrons. The third kappa shape index (κ3) is 8.24. The second-order valence-electron chi connectivity index (χ2n) is 11.6. The van der Waals surface area contributed by atoms with E-state index < -0.39 is 23.0 Å². The minimum absolute atomic E-state index is 0.00172. The molecule has 0 bridgehead atoms. The molecule has 254 valence electrons. The van der Waals surface area contributed by atoms with Crippen LogP contribution in [0.15, 0.2) is 112 Å². The topological polar surface area (TPSA) is 127 Å². The average molecular weight is 706 g/mol. The highest BCUT2D eigenvalue weighted by Gasteiger charge is 2.28. The number of anilines is 2. The number of furan rings is 1. The number of nitrogens with one attached hydrogen (secondary N) is 3. The summed E-state index contributed by atoms with van der Waals surface area (Å²) in [6.45, 7) is 1.80. The Morgan fingerprint density at radius 2 is 1.56 bits per heavy atom. The Hall–Kier alpha value is -5.39. The predicted molar refractivity (Wildman–Crippen MR) is 197 cm³/mol. The summed E-state index contributed by atoms with van der Waals surface area (Å²) in [4.78, 5) is 54.3. The van der Waals surface area contributed by atoms with Crippen LogP contribution in [0.1, 0.15) is 56.7 Å². The quantitative estimate of drug-likeness (QED) is 0.0719. The Balaban J connectivity index is 1.13. The monoisotopic (exact) mass is 705 g/mol. The maximum atomic E-state index is 13.5. The van der Waals surface area contributed by atoms with Gasteiger partial charge in [0.25, 0.3) is 11.8 Å². The Morgan fingerprint density at radius 3 is 2.28 bits per heavy atom. The average Bonchev–Trinajstić information content (AvgIpc) is 3.77. The lowest BCUT2D eigenvalue weighted by Gasteiger charge is -2.14. The maximum Gasteiger partial charge on any atom is 0.341 e. The van der Waals surface area contributed by atoms with Crippen molar-refractivity contribution in [3.8, 4) is 11.3 Å². The van der Waals surface area contributed by atoms with Crippen LogP contribution in [0.5, 0.6) is 0 Å². The number of fused-ring (bicyclic) bond motifs is 1. The van der Waals surface area contributed by atoms with Gasteiger partial charge in [0.1, 0.15) is 22.2 Å². The van der Waals surface area contributed by atoms with Crippen LogP contribution < -0.4 is 16.0 Å². The van der Waals surface area contributed by atoms with Gasteiger partial charge in [0.05, 0.1) is 17.9 Å². The first kappa shape index (κ1) is 34.5. The fraction of sp³-hybridized carbons (Fsp3) is 0.179. The first-order chi connectivity index (χ1) is 24.3. The lowest BCUT2D eigenvalue weighted by Crippen LogP contribution is -2.30. The summed E-state index contributed by atoms with van der Waals surface area (Å²) in [7, 11) is 1.35. The van der Waals surface area contributed by atoms with Crippen molar-refractivity contribution >= 4 is 63.6 Å². The highest BCUT2D eigenvalue weighted by atomic mass is 32.2. The van der Waals surface area contributed by atoms with E-state index in [9.17, 15) is 19.2 Å². The molecule has 1 aliphatic carbocycles. The molecule has 0 fully saturated rings. The molecule has 50 heavy (non-hydrogen) atoms. The predicted octanol–water partition coefficient (Wildman–Crippen LogP) is 8.20. The molecule has 9 nitrogen and oxygen atoms in total. The number of carbonyl (C=O) groups excluding carboxylic acids is 4. The molecule has 3 aromatic carbocycles. The van der Waals surface area contributed by atoms with Gasteiger partial charge in [0.15, 0.2) is 0 Å². The SMILES string of the molecule is COC(=O)c1c(NC(=O)[C@H](C)Sc2ccc(NC(=O)/C(=C/c3ccc(-c4ccccc4)o3)NC(=O)c3ccccc3)cc2)sc2c1CCCC2. The zero-order valence-corrected chi connectivity index (χ0v) is 29.1. The van der Waals surface area contributed by atoms with E-state index in [4.69, 9.17) is 9.15 Å². The summed E-state index contributed by atoms with van der Waals surface area (Å²) in [6.07, 6.45) is 5.24. The number of aryl methyl sites for hydroxylation is 1. The second-order valence-corrected chi connectivity index (χ2v) is 14.1.